The number of carbonyl (C=O) groups is 1. The number of H-pyrrole nitrogens is 1. The molecule has 0 radical (unpaired) electrons. The Balaban J connectivity index is 1.88. The van der Waals surface area contributed by atoms with Gasteiger partial charge in [-0.05, 0) is 24.5 Å². The smallest absolute Gasteiger partial charge is 0.305 e. The number of carboxylic acids is 1. The average molecular weight is 530 g/mol. The molecule has 1 aromatic carbocycles. The predicted octanol–water partition coefficient (Wildman–Crippen LogP) is 4.74. The van der Waals surface area contributed by atoms with Crippen molar-refractivity contribution in [2.75, 3.05) is 5.32 Å². The van der Waals surface area contributed by atoms with E-state index >= 15 is 4.39 Å². The van der Waals surface area contributed by atoms with Gasteiger partial charge in [0.05, 0.1) is 29.1 Å². The zero-order valence-electron chi connectivity index (χ0n) is 20.5. The van der Waals surface area contributed by atoms with Gasteiger partial charge in [0, 0.05) is 17.8 Å². The molecule has 0 saturated carbocycles. The fourth-order valence-electron chi connectivity index (χ4n) is 3.83. The summed E-state index contributed by atoms with van der Waals surface area (Å²) in [5, 5.41) is 12.0. The van der Waals surface area contributed by atoms with Gasteiger partial charge in [0.2, 0.25) is 9.84 Å². The van der Waals surface area contributed by atoms with E-state index in [9.17, 15) is 22.7 Å². The molecule has 0 aliphatic heterocycles. The van der Waals surface area contributed by atoms with Gasteiger partial charge >= 0.3 is 5.97 Å². The number of anilines is 1. The van der Waals surface area contributed by atoms with E-state index in [4.69, 9.17) is 0 Å². The lowest BCUT2D eigenvalue weighted by molar-refractivity contribution is -0.137. The van der Waals surface area contributed by atoms with Crippen LogP contribution in [0, 0.1) is 24.0 Å². The Labute approximate surface area is 211 Å². The maximum absolute atomic E-state index is 15.1. The molecule has 9 nitrogen and oxygen atoms in total. The van der Waals surface area contributed by atoms with Crippen molar-refractivity contribution in [3.05, 3.63) is 60.1 Å². The number of rotatable bonds is 7. The first-order valence-corrected chi connectivity index (χ1v) is 12.8. The van der Waals surface area contributed by atoms with E-state index in [1.165, 1.54) is 18.3 Å². The van der Waals surface area contributed by atoms with Crippen LogP contribution in [0.4, 0.5) is 14.6 Å². The minimum atomic E-state index is -4.33. The molecule has 0 aliphatic carbocycles. The third kappa shape index (κ3) is 5.15. The topological polar surface area (TPSA) is 138 Å². The number of halogens is 2. The number of sulfone groups is 1. The Hall–Kier alpha value is -3.93. The van der Waals surface area contributed by atoms with E-state index in [-0.39, 0.29) is 39.6 Å². The third-order valence-corrected chi connectivity index (χ3v) is 7.76. The Morgan fingerprint density at radius 1 is 1.11 bits per heavy atom. The summed E-state index contributed by atoms with van der Waals surface area (Å²) in [4.78, 5) is 25.6. The van der Waals surface area contributed by atoms with Crippen LogP contribution in [0.15, 0.2) is 52.6 Å². The molecule has 1 unspecified atom stereocenters. The van der Waals surface area contributed by atoms with Crippen LogP contribution in [-0.4, -0.2) is 45.5 Å². The zero-order chi connectivity index (χ0) is 27.1. The quantitative estimate of drug-likeness (QED) is 0.312. The number of carboxylic acid groups (broad SMARTS) is 1. The molecule has 3 heterocycles. The van der Waals surface area contributed by atoms with Gasteiger partial charge < -0.3 is 15.4 Å². The fraction of sp³-hybridized carbons (Fsp3) is 0.280. The van der Waals surface area contributed by atoms with Crippen LogP contribution < -0.4 is 5.32 Å². The number of benzene rings is 1. The van der Waals surface area contributed by atoms with Crippen molar-refractivity contribution in [1.82, 2.24) is 19.9 Å². The maximum atomic E-state index is 15.1. The number of aromatic amines is 1. The SMILES string of the molecule is Cc1ccc(S(=O)(=O)c2c(F)cnc3[nH]cc(-c4ncc(F)c(NC(CC(=O)O)C(C)(C)C)n4)c23)cc1. The third-order valence-electron chi connectivity index (χ3n) is 5.93. The molecule has 37 heavy (non-hydrogen) atoms. The second-order valence-corrected chi connectivity index (χ2v) is 11.6. The molecule has 12 heteroatoms. The monoisotopic (exact) mass is 529 g/mol. The fourth-order valence-corrected chi connectivity index (χ4v) is 5.34. The normalized spacial score (nSPS) is 13.0. The van der Waals surface area contributed by atoms with Gasteiger partial charge in [-0.3, -0.25) is 4.79 Å². The number of hydrogen-bond acceptors (Lipinski definition) is 7. The van der Waals surface area contributed by atoms with Crippen molar-refractivity contribution in [2.45, 2.75) is 49.9 Å². The molecule has 0 saturated heterocycles. The zero-order valence-corrected chi connectivity index (χ0v) is 21.3. The van der Waals surface area contributed by atoms with Gasteiger partial charge in [-0.15, -0.1) is 0 Å². The largest absolute Gasteiger partial charge is 0.481 e. The molecule has 4 aromatic rings. The summed E-state index contributed by atoms with van der Waals surface area (Å²) < 4.78 is 56.8. The van der Waals surface area contributed by atoms with Gasteiger partial charge in [0.25, 0.3) is 0 Å². The van der Waals surface area contributed by atoms with E-state index in [1.807, 2.05) is 0 Å². The Kier molecular flexibility index (Phi) is 6.72. The van der Waals surface area contributed by atoms with Crippen molar-refractivity contribution in [3.63, 3.8) is 0 Å². The lowest BCUT2D eigenvalue weighted by Crippen LogP contribution is -2.36. The van der Waals surface area contributed by atoms with Crippen LogP contribution >= 0.6 is 0 Å². The van der Waals surface area contributed by atoms with Crippen molar-refractivity contribution < 1.29 is 27.1 Å². The Bertz CT molecular complexity index is 1600. The number of pyridine rings is 1. The van der Waals surface area contributed by atoms with E-state index < -0.39 is 43.8 Å². The van der Waals surface area contributed by atoms with Crippen LogP contribution in [0.3, 0.4) is 0 Å². The van der Waals surface area contributed by atoms with Crippen LogP contribution in [0.2, 0.25) is 0 Å². The summed E-state index contributed by atoms with van der Waals surface area (Å²) >= 11 is 0. The first kappa shape index (κ1) is 26.1. The standard InChI is InChI=1S/C25H25F2N5O4S/c1-13-5-7-14(8-6-13)37(35,36)21-16(26)11-30-24-20(21)15(10-28-24)22-29-12-17(27)23(32-22)31-18(9-19(33)34)25(2,3)4/h5-8,10-12,18H,9H2,1-4H3,(H,28,30)(H,33,34)(H,29,31,32). The van der Waals surface area contributed by atoms with E-state index in [2.05, 4.69) is 25.3 Å². The molecule has 1 atom stereocenters. The Morgan fingerprint density at radius 3 is 2.38 bits per heavy atom. The molecular formula is C25H25F2N5O4S. The van der Waals surface area contributed by atoms with Gasteiger partial charge in [-0.2, -0.15) is 0 Å². The molecule has 0 fully saturated rings. The molecule has 0 amide bonds. The molecular weight excluding hydrogens is 504 g/mol. The van der Waals surface area contributed by atoms with Gasteiger partial charge in [0.1, 0.15) is 10.5 Å². The van der Waals surface area contributed by atoms with E-state index in [1.54, 1.807) is 39.8 Å². The number of nitrogens with one attached hydrogen (secondary N) is 2. The molecule has 0 aliphatic rings. The summed E-state index contributed by atoms with van der Waals surface area (Å²) in [6, 6.07) is 5.28. The first-order chi connectivity index (χ1) is 17.3. The predicted molar refractivity (Wildman–Crippen MR) is 133 cm³/mol. The summed E-state index contributed by atoms with van der Waals surface area (Å²) in [6.07, 6.45) is 2.75. The van der Waals surface area contributed by atoms with E-state index in [0.29, 0.717) is 0 Å². The summed E-state index contributed by atoms with van der Waals surface area (Å²) in [7, 11) is -4.33. The highest BCUT2D eigenvalue weighted by Crippen LogP contribution is 2.36. The number of aromatic nitrogens is 4. The second-order valence-electron chi connectivity index (χ2n) is 9.73. The number of hydrogen-bond donors (Lipinski definition) is 3. The first-order valence-electron chi connectivity index (χ1n) is 11.3. The lowest BCUT2D eigenvalue weighted by atomic mass is 9.85. The number of aryl methyl sites for hydroxylation is 1. The van der Waals surface area contributed by atoms with Crippen LogP contribution in [-0.2, 0) is 14.6 Å². The van der Waals surface area contributed by atoms with Crippen molar-refractivity contribution in [1.29, 1.82) is 0 Å². The van der Waals surface area contributed by atoms with Crippen molar-refractivity contribution in [3.8, 4) is 11.4 Å². The molecule has 0 spiro atoms. The molecule has 194 valence electrons. The Morgan fingerprint density at radius 2 is 1.76 bits per heavy atom. The van der Waals surface area contributed by atoms with Crippen LogP contribution in [0.25, 0.3) is 22.4 Å². The van der Waals surface area contributed by atoms with Crippen LogP contribution in [0.1, 0.15) is 32.8 Å². The van der Waals surface area contributed by atoms with Gasteiger partial charge in [-0.1, -0.05) is 38.5 Å². The van der Waals surface area contributed by atoms with E-state index in [0.717, 1.165) is 18.0 Å². The van der Waals surface area contributed by atoms with Crippen molar-refractivity contribution >= 4 is 32.7 Å². The summed E-state index contributed by atoms with van der Waals surface area (Å²) in [6.45, 7) is 7.18. The van der Waals surface area contributed by atoms with Gasteiger partial charge in [0.15, 0.2) is 23.3 Å². The number of nitrogens with zero attached hydrogens (tertiary/aromatic N) is 3. The lowest BCUT2D eigenvalue weighted by Gasteiger charge is -2.30. The molecule has 4 rings (SSSR count). The molecule has 0 bridgehead atoms. The van der Waals surface area contributed by atoms with Crippen molar-refractivity contribution in [2.24, 2.45) is 5.41 Å². The minimum absolute atomic E-state index is 0.0722. The minimum Gasteiger partial charge on any atom is -0.481 e. The molecule has 3 aromatic heterocycles. The number of aliphatic carboxylic acids is 1. The van der Waals surface area contributed by atoms with Gasteiger partial charge in [-0.25, -0.2) is 32.2 Å². The number of fused-ring (bicyclic) bond motifs is 1. The second kappa shape index (κ2) is 9.51. The maximum Gasteiger partial charge on any atom is 0.305 e. The summed E-state index contributed by atoms with van der Waals surface area (Å²) in [5.74, 6) is -3.35. The highest BCUT2D eigenvalue weighted by molar-refractivity contribution is 7.91. The summed E-state index contributed by atoms with van der Waals surface area (Å²) in [5.41, 5.74) is 0.418. The van der Waals surface area contributed by atoms with Crippen LogP contribution in [0.5, 0.6) is 0 Å². The highest BCUT2D eigenvalue weighted by atomic mass is 32.2. The molecule has 3 N–H and O–H groups in total. The highest BCUT2D eigenvalue weighted by Gasteiger charge is 2.30. The average Bonchev–Trinajstić information content (AvgIpc) is 3.23.